The number of halogens is 1. The summed E-state index contributed by atoms with van der Waals surface area (Å²) in [5.41, 5.74) is 1.90. The highest BCUT2D eigenvalue weighted by Gasteiger charge is 2.36. The molecule has 1 aliphatic rings. The molecule has 2 N–H and O–H groups in total. The molecule has 1 aliphatic heterocycles. The summed E-state index contributed by atoms with van der Waals surface area (Å²) in [6, 6.07) is 9.23. The van der Waals surface area contributed by atoms with E-state index < -0.39 is 17.7 Å². The zero-order valence-corrected chi connectivity index (χ0v) is 16.0. The fourth-order valence-corrected chi connectivity index (χ4v) is 3.25. The van der Waals surface area contributed by atoms with Gasteiger partial charge in [0.1, 0.15) is 17.5 Å². The number of nitrogens with zero attached hydrogens (tertiary/aromatic N) is 4. The fourth-order valence-electron chi connectivity index (χ4n) is 3.25. The smallest absolute Gasteiger partial charge is 0.291 e. The molecule has 0 radical (unpaired) electrons. The van der Waals surface area contributed by atoms with Crippen LogP contribution in [-0.4, -0.2) is 36.7 Å². The Morgan fingerprint density at radius 3 is 2.57 bits per heavy atom. The third-order valence-electron chi connectivity index (χ3n) is 4.92. The van der Waals surface area contributed by atoms with Crippen molar-refractivity contribution in [3.63, 3.8) is 0 Å². The summed E-state index contributed by atoms with van der Waals surface area (Å²) < 4.78 is 14.2. The van der Waals surface area contributed by atoms with Gasteiger partial charge in [0.05, 0.1) is 0 Å². The van der Waals surface area contributed by atoms with E-state index >= 15 is 0 Å². The molecule has 152 valence electrons. The molecule has 1 atom stereocenters. The summed E-state index contributed by atoms with van der Waals surface area (Å²) in [4.78, 5) is 33.4. The quantitative estimate of drug-likeness (QED) is 0.673. The first-order valence-corrected chi connectivity index (χ1v) is 9.27. The summed E-state index contributed by atoms with van der Waals surface area (Å²) in [6.45, 7) is 1.87. The Bertz CT molecular complexity index is 1140. The topological polar surface area (TPSA) is 110 Å². The number of allylic oxidation sites excluding steroid dienone is 2. The molecule has 3 aromatic rings. The predicted octanol–water partition coefficient (Wildman–Crippen LogP) is 2.54. The minimum absolute atomic E-state index is 0.127. The van der Waals surface area contributed by atoms with E-state index in [2.05, 4.69) is 20.4 Å². The van der Waals surface area contributed by atoms with Crippen LogP contribution in [0.4, 0.5) is 4.39 Å². The van der Waals surface area contributed by atoms with Gasteiger partial charge in [-0.3, -0.25) is 14.6 Å². The summed E-state index contributed by atoms with van der Waals surface area (Å²) in [7, 11) is 0. The maximum atomic E-state index is 13.1. The molecule has 3 heterocycles. The highest BCUT2D eigenvalue weighted by atomic mass is 19.1. The van der Waals surface area contributed by atoms with Gasteiger partial charge in [0.15, 0.2) is 5.82 Å². The predicted molar refractivity (Wildman–Crippen MR) is 105 cm³/mol. The number of aliphatic hydroxyl groups excluding tert-OH is 1. The van der Waals surface area contributed by atoms with Gasteiger partial charge in [0.2, 0.25) is 5.82 Å². The van der Waals surface area contributed by atoms with Crippen molar-refractivity contribution < 1.29 is 19.1 Å². The lowest BCUT2D eigenvalue weighted by molar-refractivity contribution is 0.0799. The van der Waals surface area contributed by atoms with Crippen LogP contribution < -0.4 is 5.32 Å². The summed E-state index contributed by atoms with van der Waals surface area (Å²) in [5, 5.41) is 17.3. The number of amides is 1. The van der Waals surface area contributed by atoms with E-state index in [0.717, 1.165) is 10.2 Å². The molecule has 1 unspecified atom stereocenters. The van der Waals surface area contributed by atoms with Crippen molar-refractivity contribution in [2.75, 3.05) is 0 Å². The Labute approximate surface area is 171 Å². The summed E-state index contributed by atoms with van der Waals surface area (Å²) >= 11 is 0. The lowest BCUT2D eigenvalue weighted by Crippen LogP contribution is -2.32. The highest BCUT2D eigenvalue weighted by Crippen LogP contribution is 2.30. The third kappa shape index (κ3) is 3.69. The van der Waals surface area contributed by atoms with E-state index in [1.807, 2.05) is 0 Å². The van der Waals surface area contributed by atoms with E-state index in [0.29, 0.717) is 11.1 Å². The van der Waals surface area contributed by atoms with Gasteiger partial charge < -0.3 is 10.4 Å². The Balaban J connectivity index is 1.55. The van der Waals surface area contributed by atoms with Gasteiger partial charge in [-0.1, -0.05) is 12.1 Å². The van der Waals surface area contributed by atoms with Crippen LogP contribution in [0.1, 0.15) is 39.3 Å². The molecule has 1 aromatic carbocycles. The van der Waals surface area contributed by atoms with Gasteiger partial charge in [-0.15, -0.1) is 5.10 Å². The van der Waals surface area contributed by atoms with Crippen LogP contribution in [0, 0.1) is 11.7 Å². The molecule has 2 aromatic heterocycles. The van der Waals surface area contributed by atoms with Crippen molar-refractivity contribution in [2.24, 2.45) is 5.92 Å². The number of carbonyl (C=O) groups excluding carboxylic acids is 2. The second kappa shape index (κ2) is 7.86. The molecule has 0 fully saturated rings. The van der Waals surface area contributed by atoms with Crippen LogP contribution in [0.2, 0.25) is 0 Å². The number of aromatic nitrogens is 4. The summed E-state index contributed by atoms with van der Waals surface area (Å²) in [5.74, 6) is -2.48. The first-order valence-electron chi connectivity index (χ1n) is 9.27. The molecule has 0 aliphatic carbocycles. The first kappa shape index (κ1) is 19.4. The Morgan fingerprint density at radius 2 is 1.87 bits per heavy atom. The first-order chi connectivity index (χ1) is 14.4. The molecule has 9 heteroatoms. The number of carbonyl (C=O) groups is 2. The minimum Gasteiger partial charge on any atom is -0.511 e. The number of fused-ring (bicyclic) bond motifs is 1. The van der Waals surface area contributed by atoms with E-state index in [1.165, 1.54) is 12.1 Å². The van der Waals surface area contributed by atoms with Crippen molar-refractivity contribution in [3.8, 4) is 0 Å². The number of nitrogens with one attached hydrogen (secondary N) is 1. The average Bonchev–Trinajstić information content (AvgIpc) is 3.21. The van der Waals surface area contributed by atoms with Gasteiger partial charge in [0, 0.05) is 24.5 Å². The number of benzene rings is 1. The molecule has 0 saturated carbocycles. The zero-order chi connectivity index (χ0) is 21.3. The lowest BCUT2D eigenvalue weighted by atomic mass is 9.92. The minimum atomic E-state index is -0.891. The second-order valence-electron chi connectivity index (χ2n) is 6.94. The highest BCUT2D eigenvalue weighted by molar-refractivity contribution is 5.94. The molecular weight excluding hydrogens is 389 g/mol. The van der Waals surface area contributed by atoms with Crippen LogP contribution in [0.3, 0.4) is 0 Å². The monoisotopic (exact) mass is 407 g/mol. The second-order valence-corrected chi connectivity index (χ2v) is 6.94. The fraction of sp³-hybridized carbons (Fsp3) is 0.190. The lowest BCUT2D eigenvalue weighted by Gasteiger charge is -2.22. The molecule has 4 rings (SSSR count). The van der Waals surface area contributed by atoms with E-state index in [-0.39, 0.29) is 36.2 Å². The van der Waals surface area contributed by atoms with Gasteiger partial charge in [-0.25, -0.2) is 9.37 Å². The van der Waals surface area contributed by atoms with Crippen molar-refractivity contribution in [1.29, 1.82) is 0 Å². The third-order valence-corrected chi connectivity index (χ3v) is 4.92. The maximum absolute atomic E-state index is 13.1. The van der Waals surface area contributed by atoms with Gasteiger partial charge in [0.25, 0.3) is 11.8 Å². The average molecular weight is 407 g/mol. The molecule has 1 amide bonds. The van der Waals surface area contributed by atoms with E-state index in [9.17, 15) is 19.1 Å². The SMILES string of the molecule is CC1=C(O)C(Cc2ccc(F)cc2)C(=O)n2nc(C(=O)NCc3ccncc3)nc21. The largest absolute Gasteiger partial charge is 0.511 e. The Morgan fingerprint density at radius 1 is 1.17 bits per heavy atom. The Kier molecular flexibility index (Phi) is 5.09. The molecule has 0 bridgehead atoms. The van der Waals surface area contributed by atoms with Crippen LogP contribution >= 0.6 is 0 Å². The van der Waals surface area contributed by atoms with Crippen LogP contribution in [0.15, 0.2) is 54.6 Å². The normalized spacial score (nSPS) is 15.8. The van der Waals surface area contributed by atoms with Crippen molar-refractivity contribution in [1.82, 2.24) is 25.1 Å². The summed E-state index contributed by atoms with van der Waals surface area (Å²) in [6.07, 6.45) is 3.41. The molecular formula is C21H18FN5O3. The van der Waals surface area contributed by atoms with Crippen molar-refractivity contribution >= 4 is 17.4 Å². The molecule has 0 spiro atoms. The molecule has 30 heavy (non-hydrogen) atoms. The number of hydrogen-bond donors (Lipinski definition) is 2. The number of aliphatic hydroxyl groups is 1. The van der Waals surface area contributed by atoms with Crippen LogP contribution in [0.25, 0.3) is 5.57 Å². The van der Waals surface area contributed by atoms with E-state index in [1.54, 1.807) is 43.6 Å². The zero-order valence-electron chi connectivity index (χ0n) is 16.0. The van der Waals surface area contributed by atoms with Crippen LogP contribution in [0.5, 0.6) is 0 Å². The molecule has 8 nitrogen and oxygen atoms in total. The van der Waals surface area contributed by atoms with Gasteiger partial charge in [-0.05, 0) is 48.7 Å². The van der Waals surface area contributed by atoms with Gasteiger partial charge >= 0.3 is 0 Å². The van der Waals surface area contributed by atoms with Crippen molar-refractivity contribution in [2.45, 2.75) is 19.9 Å². The van der Waals surface area contributed by atoms with Crippen molar-refractivity contribution in [3.05, 3.63) is 83.1 Å². The number of pyridine rings is 1. The van der Waals surface area contributed by atoms with Gasteiger partial charge in [-0.2, -0.15) is 4.68 Å². The van der Waals surface area contributed by atoms with E-state index in [4.69, 9.17) is 0 Å². The molecule has 0 saturated heterocycles. The number of rotatable bonds is 5. The maximum Gasteiger partial charge on any atom is 0.291 e. The van der Waals surface area contributed by atoms with Crippen LogP contribution in [-0.2, 0) is 13.0 Å². The Hall–Kier alpha value is -3.88. The number of hydrogen-bond acceptors (Lipinski definition) is 6. The standard InChI is InChI=1S/C21H18FN5O3/c1-12-17(28)16(10-13-2-4-15(22)5-3-13)21(30)27-19(12)25-18(26-27)20(29)24-11-14-6-8-23-9-7-14/h2-9,16,28H,10-11H2,1H3,(H,24,29).